The molecule has 0 saturated carbocycles. The molecule has 0 aromatic heterocycles. The van der Waals surface area contributed by atoms with E-state index in [1.54, 1.807) is 0 Å². The summed E-state index contributed by atoms with van der Waals surface area (Å²) in [5, 5.41) is 3.60. The number of nitrogens with two attached hydrogens (primary N) is 2. The van der Waals surface area contributed by atoms with Crippen molar-refractivity contribution >= 4 is 0 Å². The minimum Gasteiger partial charge on any atom is -0.388 e. The average Bonchev–Trinajstić information content (AvgIpc) is 3.01. The van der Waals surface area contributed by atoms with E-state index in [9.17, 15) is 0 Å². The summed E-state index contributed by atoms with van der Waals surface area (Å²) in [5.74, 6) is 0.637. The summed E-state index contributed by atoms with van der Waals surface area (Å²) in [6, 6.07) is 10.5. The fourth-order valence-electron chi connectivity index (χ4n) is 4.01. The van der Waals surface area contributed by atoms with Crippen LogP contribution in [0.25, 0.3) is 0 Å². The molecule has 1 aliphatic heterocycles. The van der Waals surface area contributed by atoms with Crippen molar-refractivity contribution in [2.45, 2.75) is 44.9 Å². The molecule has 1 saturated heterocycles. The van der Waals surface area contributed by atoms with Gasteiger partial charge in [-0.3, -0.25) is 0 Å². The Bertz CT molecular complexity index is 576. The fourth-order valence-corrected chi connectivity index (χ4v) is 4.01. The van der Waals surface area contributed by atoms with Crippen LogP contribution in [0.1, 0.15) is 44.1 Å². The molecule has 2 rings (SSSR count). The molecule has 0 aliphatic carbocycles. The third kappa shape index (κ3) is 7.33. The second-order valence-corrected chi connectivity index (χ2v) is 8.05. The van der Waals surface area contributed by atoms with E-state index in [-0.39, 0.29) is 5.92 Å². The number of nitrogens with one attached hydrogen (secondary N) is 1. The first kappa shape index (κ1) is 22.5. The van der Waals surface area contributed by atoms with Crippen LogP contribution < -0.4 is 16.8 Å². The molecule has 5 N–H and O–H groups in total. The van der Waals surface area contributed by atoms with Crippen molar-refractivity contribution in [3.05, 3.63) is 60.4 Å². The molecule has 1 aliphatic rings. The van der Waals surface area contributed by atoms with Gasteiger partial charge < -0.3 is 21.7 Å². The van der Waals surface area contributed by atoms with Crippen LogP contribution in [0.4, 0.5) is 0 Å². The molecular formula is C24H40N4. The summed E-state index contributed by atoms with van der Waals surface area (Å²) in [7, 11) is 0. The van der Waals surface area contributed by atoms with Gasteiger partial charge in [-0.05, 0) is 44.2 Å². The first-order valence-corrected chi connectivity index (χ1v) is 11.0. The van der Waals surface area contributed by atoms with Gasteiger partial charge in [-0.25, -0.2) is 0 Å². The van der Waals surface area contributed by atoms with Crippen LogP contribution in [0.15, 0.2) is 54.9 Å². The molecule has 0 spiro atoms. The predicted octanol–water partition coefficient (Wildman–Crippen LogP) is 3.65. The third-order valence-electron chi connectivity index (χ3n) is 5.92. The molecule has 1 heterocycles. The number of likely N-dealkylation sites (tertiary alicyclic amines) is 1. The number of hydrogen-bond donors (Lipinski definition) is 3. The SMILES string of the molecule is C=C(NCC(CCCN)C(=C)N1CCCCCC1)C(CN)Cc1ccccc1. The Morgan fingerprint density at radius 3 is 2.29 bits per heavy atom. The first-order chi connectivity index (χ1) is 13.7. The minimum absolute atomic E-state index is 0.240. The number of nitrogens with zero attached hydrogens (tertiary/aromatic N) is 1. The molecule has 1 aromatic rings. The van der Waals surface area contributed by atoms with E-state index >= 15 is 0 Å². The number of rotatable bonds is 12. The highest BCUT2D eigenvalue weighted by molar-refractivity contribution is 5.18. The maximum Gasteiger partial charge on any atom is 0.0226 e. The standard InChI is InChI=1S/C24H40N4/c1-20(24(18-26)17-22-11-6-5-7-12-22)27-19-23(13-10-14-25)21(2)28-15-8-3-4-9-16-28/h5-7,11-12,23-24,27H,1-4,8-10,13-19,25-26H2. The lowest BCUT2D eigenvalue weighted by Crippen LogP contribution is -2.35. The molecular weight excluding hydrogens is 344 g/mol. The van der Waals surface area contributed by atoms with E-state index < -0.39 is 0 Å². The van der Waals surface area contributed by atoms with Crippen LogP contribution in [0, 0.1) is 11.8 Å². The van der Waals surface area contributed by atoms with E-state index in [0.717, 1.165) is 51.1 Å². The Morgan fingerprint density at radius 2 is 1.68 bits per heavy atom. The molecule has 2 atom stereocenters. The van der Waals surface area contributed by atoms with Crippen molar-refractivity contribution in [1.29, 1.82) is 0 Å². The van der Waals surface area contributed by atoms with Gasteiger partial charge in [0, 0.05) is 49.4 Å². The zero-order valence-electron chi connectivity index (χ0n) is 17.5. The van der Waals surface area contributed by atoms with Crippen LogP contribution in [0.5, 0.6) is 0 Å². The van der Waals surface area contributed by atoms with Crippen molar-refractivity contribution in [3.63, 3.8) is 0 Å². The molecule has 0 bridgehead atoms. The second kappa shape index (κ2) is 12.6. The average molecular weight is 385 g/mol. The lowest BCUT2D eigenvalue weighted by Gasteiger charge is -2.32. The monoisotopic (exact) mass is 384 g/mol. The van der Waals surface area contributed by atoms with Crippen molar-refractivity contribution in [2.75, 3.05) is 32.7 Å². The molecule has 28 heavy (non-hydrogen) atoms. The van der Waals surface area contributed by atoms with Crippen LogP contribution in [0.3, 0.4) is 0 Å². The van der Waals surface area contributed by atoms with Gasteiger partial charge in [0.2, 0.25) is 0 Å². The highest BCUT2D eigenvalue weighted by atomic mass is 15.1. The van der Waals surface area contributed by atoms with Gasteiger partial charge in [0.15, 0.2) is 0 Å². The highest BCUT2D eigenvalue weighted by Gasteiger charge is 2.20. The summed E-state index contributed by atoms with van der Waals surface area (Å²) in [6.07, 6.45) is 8.23. The van der Waals surface area contributed by atoms with E-state index in [0.29, 0.717) is 12.5 Å². The van der Waals surface area contributed by atoms with Gasteiger partial charge >= 0.3 is 0 Å². The second-order valence-electron chi connectivity index (χ2n) is 8.05. The lowest BCUT2D eigenvalue weighted by atomic mass is 9.95. The summed E-state index contributed by atoms with van der Waals surface area (Å²) < 4.78 is 0. The van der Waals surface area contributed by atoms with Crippen molar-refractivity contribution in [1.82, 2.24) is 10.2 Å². The molecule has 1 aromatic carbocycles. The Morgan fingerprint density at radius 1 is 1.00 bits per heavy atom. The molecule has 0 amide bonds. The van der Waals surface area contributed by atoms with E-state index in [1.165, 1.54) is 36.9 Å². The Labute approximate surface area is 172 Å². The Hall–Kier alpha value is -1.78. The van der Waals surface area contributed by atoms with Gasteiger partial charge in [0.05, 0.1) is 0 Å². The Balaban J connectivity index is 1.92. The van der Waals surface area contributed by atoms with E-state index in [1.807, 2.05) is 6.07 Å². The van der Waals surface area contributed by atoms with Crippen LogP contribution in [0.2, 0.25) is 0 Å². The molecule has 156 valence electrons. The normalized spacial score (nSPS) is 16.9. The van der Waals surface area contributed by atoms with Crippen LogP contribution in [-0.2, 0) is 6.42 Å². The predicted molar refractivity (Wildman–Crippen MR) is 121 cm³/mol. The van der Waals surface area contributed by atoms with Gasteiger partial charge in [0.25, 0.3) is 0 Å². The summed E-state index contributed by atoms with van der Waals surface area (Å²) in [6.45, 7) is 13.2. The first-order valence-electron chi connectivity index (χ1n) is 11.0. The third-order valence-corrected chi connectivity index (χ3v) is 5.92. The minimum atomic E-state index is 0.240. The van der Waals surface area contributed by atoms with E-state index in [4.69, 9.17) is 11.5 Å². The van der Waals surface area contributed by atoms with Crippen molar-refractivity contribution in [2.24, 2.45) is 23.3 Å². The number of benzene rings is 1. The van der Waals surface area contributed by atoms with Gasteiger partial charge in [-0.15, -0.1) is 0 Å². The molecule has 0 radical (unpaired) electrons. The van der Waals surface area contributed by atoms with E-state index in [2.05, 4.69) is 47.6 Å². The van der Waals surface area contributed by atoms with Gasteiger partial charge in [-0.1, -0.05) is 56.3 Å². The Kier molecular flexibility index (Phi) is 10.2. The topological polar surface area (TPSA) is 67.3 Å². The largest absolute Gasteiger partial charge is 0.388 e. The van der Waals surface area contributed by atoms with Crippen molar-refractivity contribution in [3.8, 4) is 0 Å². The molecule has 4 nitrogen and oxygen atoms in total. The fraction of sp³-hybridized carbons (Fsp3) is 0.583. The van der Waals surface area contributed by atoms with Crippen LogP contribution in [-0.4, -0.2) is 37.6 Å². The maximum absolute atomic E-state index is 6.06. The molecule has 1 fully saturated rings. The molecule has 4 heteroatoms. The summed E-state index contributed by atoms with van der Waals surface area (Å²) in [5.41, 5.74) is 15.5. The summed E-state index contributed by atoms with van der Waals surface area (Å²) in [4.78, 5) is 2.50. The number of hydrogen-bond acceptors (Lipinski definition) is 4. The van der Waals surface area contributed by atoms with Crippen LogP contribution >= 0.6 is 0 Å². The highest BCUT2D eigenvalue weighted by Crippen LogP contribution is 2.23. The maximum atomic E-state index is 6.06. The smallest absolute Gasteiger partial charge is 0.0226 e. The molecule has 2 unspecified atom stereocenters. The lowest BCUT2D eigenvalue weighted by molar-refractivity contribution is 0.300. The van der Waals surface area contributed by atoms with Gasteiger partial charge in [0.1, 0.15) is 0 Å². The quantitative estimate of drug-likeness (QED) is 0.514. The van der Waals surface area contributed by atoms with Gasteiger partial charge in [-0.2, -0.15) is 0 Å². The zero-order valence-corrected chi connectivity index (χ0v) is 17.5. The zero-order chi connectivity index (χ0) is 20.2. The summed E-state index contributed by atoms with van der Waals surface area (Å²) >= 11 is 0. The van der Waals surface area contributed by atoms with Crippen molar-refractivity contribution < 1.29 is 0 Å².